The van der Waals surface area contributed by atoms with E-state index in [0.29, 0.717) is 130 Å². The summed E-state index contributed by atoms with van der Waals surface area (Å²) in [5.74, 6) is -0.203. The quantitative estimate of drug-likeness (QED) is 0.0520. The molecule has 1 fully saturated rings. The maximum absolute atomic E-state index is 14.0. The summed E-state index contributed by atoms with van der Waals surface area (Å²) in [6, 6.07) is 57.2. The van der Waals surface area contributed by atoms with E-state index >= 15 is 0 Å². The van der Waals surface area contributed by atoms with Gasteiger partial charge in [-0.2, -0.15) is 0 Å². The van der Waals surface area contributed by atoms with E-state index in [2.05, 4.69) is 6.07 Å². The zero-order valence-corrected chi connectivity index (χ0v) is 69.7. The molecule has 9 aliphatic rings. The molecule has 10 aromatic carbocycles. The van der Waals surface area contributed by atoms with Gasteiger partial charge in [-0.3, -0.25) is 73.1 Å². The molecule has 0 spiro atoms. The molecule has 0 unspecified atom stereocenters. The Morgan fingerprint density at radius 2 is 0.698 bits per heavy atom. The molecule has 0 bridgehead atoms. The van der Waals surface area contributed by atoms with Crippen molar-refractivity contribution < 1.29 is 76.7 Å². The Kier molecular flexibility index (Phi) is 23.3. The fraction of sp³-hybridized carbons (Fsp3) is 0.273. The Hall–Kier alpha value is -14.8. The van der Waals surface area contributed by atoms with Gasteiger partial charge in [0.05, 0.1) is 83.4 Å². The number of hydrogen-bond donors (Lipinski definition) is 1. The largest absolute Gasteiger partial charge is 0.493 e. The number of aryl methyl sites for hydroxylation is 2. The zero-order chi connectivity index (χ0) is 86.4. The Morgan fingerprint density at radius 1 is 0.397 bits per heavy atom. The van der Waals surface area contributed by atoms with Gasteiger partial charge >= 0.3 is 11.9 Å². The van der Waals surface area contributed by atoms with Crippen molar-refractivity contribution in [3.63, 3.8) is 0 Å². The molecule has 0 radical (unpaired) electrons. The number of amides is 6. The molecular formula is C99H93N11O16. The van der Waals surface area contributed by atoms with Crippen LogP contribution in [0.1, 0.15) is 143 Å². The van der Waals surface area contributed by atoms with Gasteiger partial charge in [0.1, 0.15) is 37.9 Å². The third kappa shape index (κ3) is 16.5. The molecule has 0 aliphatic carbocycles. The fourth-order valence-electron chi connectivity index (χ4n) is 17.7. The van der Waals surface area contributed by atoms with E-state index in [0.717, 1.165) is 96.2 Å². The Balaban J connectivity index is 0.000000177. The van der Waals surface area contributed by atoms with Crippen molar-refractivity contribution in [1.29, 1.82) is 0 Å². The van der Waals surface area contributed by atoms with E-state index < -0.39 is 23.8 Å². The van der Waals surface area contributed by atoms with Gasteiger partial charge in [-0.25, -0.2) is 4.79 Å². The number of ether oxygens (including phenoxy) is 6. The maximum Gasteiger partial charge on any atom is 0.333 e. The highest BCUT2D eigenvalue weighted by Gasteiger charge is 2.42. The smallest absolute Gasteiger partial charge is 0.333 e. The number of carboxylic acids is 1. The summed E-state index contributed by atoms with van der Waals surface area (Å²) in [5, 5.41) is 9.82. The zero-order valence-electron chi connectivity index (χ0n) is 69.7. The summed E-state index contributed by atoms with van der Waals surface area (Å²) in [7, 11) is 6.90. The maximum atomic E-state index is 14.0. The van der Waals surface area contributed by atoms with Crippen molar-refractivity contribution in [3.05, 3.63) is 260 Å². The molecule has 10 aromatic rings. The summed E-state index contributed by atoms with van der Waals surface area (Å²) in [5.41, 5.74) is 18.6. The molecule has 4 atom stereocenters. The average molecular weight is 1690 g/mol. The number of nitrogens with zero attached hydrogens (tertiary/aromatic N) is 11. The van der Waals surface area contributed by atoms with Gasteiger partial charge in [0.25, 0.3) is 35.4 Å². The summed E-state index contributed by atoms with van der Waals surface area (Å²) in [6.07, 6.45) is 11.1. The number of hydrogen-bond acceptors (Lipinski definition) is 21. The molecule has 9 heterocycles. The number of para-hydroxylation sites is 4. The lowest BCUT2D eigenvalue weighted by atomic mass is 10.1. The molecule has 0 aromatic heterocycles. The van der Waals surface area contributed by atoms with Crippen LogP contribution in [0.3, 0.4) is 0 Å². The first kappa shape index (κ1) is 83.5. The van der Waals surface area contributed by atoms with Crippen LogP contribution in [0.25, 0.3) is 0 Å². The van der Waals surface area contributed by atoms with Crippen molar-refractivity contribution in [3.8, 4) is 34.5 Å². The summed E-state index contributed by atoms with van der Waals surface area (Å²) in [4.78, 5) is 139. The molecule has 27 heteroatoms. The molecule has 27 nitrogen and oxygen atoms in total. The lowest BCUT2D eigenvalue weighted by molar-refractivity contribution is -0.197. The number of hydroxylamine groups is 2. The first-order valence-electron chi connectivity index (χ1n) is 41.7. The number of anilines is 6. The molecule has 1 N–H and O–H groups in total. The van der Waals surface area contributed by atoms with Gasteiger partial charge in [0.2, 0.25) is 0 Å². The number of fused-ring (bicyclic) bond motifs is 16. The van der Waals surface area contributed by atoms with Crippen LogP contribution in [-0.2, 0) is 76.1 Å². The van der Waals surface area contributed by atoms with Crippen LogP contribution in [0.2, 0.25) is 0 Å². The van der Waals surface area contributed by atoms with Gasteiger partial charge in [0.15, 0.2) is 23.0 Å². The van der Waals surface area contributed by atoms with Crippen molar-refractivity contribution in [2.45, 2.75) is 136 Å². The Morgan fingerprint density at radius 3 is 1.02 bits per heavy atom. The first-order chi connectivity index (χ1) is 60.7. The van der Waals surface area contributed by atoms with Gasteiger partial charge < -0.3 is 48.2 Å². The van der Waals surface area contributed by atoms with E-state index in [1.807, 2.05) is 224 Å². The van der Waals surface area contributed by atoms with Gasteiger partial charge in [-0.1, -0.05) is 80.2 Å². The van der Waals surface area contributed by atoms with E-state index in [4.69, 9.17) is 53.2 Å². The van der Waals surface area contributed by atoms with E-state index in [-0.39, 0.29) is 107 Å². The van der Waals surface area contributed by atoms with Crippen molar-refractivity contribution >= 4 is 129 Å². The van der Waals surface area contributed by atoms with Crippen LogP contribution in [0.15, 0.2) is 202 Å². The highest BCUT2D eigenvalue weighted by atomic mass is 16.7. The topological polar surface area (TPSA) is 294 Å². The summed E-state index contributed by atoms with van der Waals surface area (Å²) in [6.45, 7) is 5.45. The third-order valence-corrected chi connectivity index (χ3v) is 24.0. The van der Waals surface area contributed by atoms with Crippen LogP contribution < -0.4 is 57.8 Å². The van der Waals surface area contributed by atoms with E-state index in [1.54, 1.807) is 41.2 Å². The van der Waals surface area contributed by atoms with Gasteiger partial charge in [-0.15, -0.1) is 5.06 Å². The van der Waals surface area contributed by atoms with E-state index in [9.17, 15) is 43.5 Å². The van der Waals surface area contributed by atoms with Gasteiger partial charge in [0, 0.05) is 162 Å². The Labute approximate surface area is 728 Å². The van der Waals surface area contributed by atoms with Crippen LogP contribution in [-0.4, -0.2) is 148 Å². The minimum Gasteiger partial charge on any atom is -0.493 e. The lowest BCUT2D eigenvalue weighted by Gasteiger charge is -2.23. The van der Waals surface area contributed by atoms with E-state index in [1.165, 1.54) is 7.11 Å². The number of carboxylic acid groups (broad SMARTS) is 1. The first-order valence-corrected chi connectivity index (χ1v) is 41.7. The minimum atomic E-state index is -0.840. The average Bonchev–Trinajstić information content (AvgIpc) is 1.62. The highest BCUT2D eigenvalue weighted by Crippen LogP contribution is 2.47. The standard InChI is InChI=1S/C51H46N6O9.C47H43N5O7.CH4/c1-30-17-38-40(52-26-36-21-33-9-4-6-11-42(33)55(36)50(38)61)24-44(30)64-28-31-18-32(20-35(19-31)54(2)16-8-13-49(60)66-57-47(58)14-15-48(57)59)29-65-46-25-41-39(23-45(46)63-3)51(62)56-37(27-53-41)22-34-10-5-7-12-43(34)56;1-28-15-36-38(48-24-34-19-31-9-4-6-11-40(31)51(34)46(36)55)22-42(28)58-26-29-16-30(18-33(17-29)50(2)14-8-13-45(53)54)27-59-44-23-39-37(21-43(44)57-3)47(56)52-35(25-49-39)20-32-10-5-7-12-41(32)52;/h4-7,9-12,17-20,23-27,36-37H,8,13-16,21-22,28-29H2,1-3H3;4-7,9-12,15-18,21-25,34-35H,8,13-14,19-20,26-27H2,1-3H3,(H,53,54);1H4/t36-,37-;34-,35-;/m00./s1. The molecule has 9 aliphatic heterocycles. The van der Waals surface area contributed by atoms with Crippen LogP contribution in [0.5, 0.6) is 34.5 Å². The molecule has 640 valence electrons. The third-order valence-electron chi connectivity index (χ3n) is 24.0. The number of methoxy groups -OCH3 is 2. The molecule has 1 saturated heterocycles. The van der Waals surface area contributed by atoms with Crippen LogP contribution >= 0.6 is 0 Å². The summed E-state index contributed by atoms with van der Waals surface area (Å²) >= 11 is 0. The number of imide groups is 1. The Bertz CT molecular complexity index is 6220. The fourth-order valence-corrected chi connectivity index (χ4v) is 17.7. The van der Waals surface area contributed by atoms with Crippen molar-refractivity contribution in [2.75, 3.05) is 70.8 Å². The van der Waals surface area contributed by atoms with Gasteiger partial charge in [-0.05, 0) is 167 Å². The van der Waals surface area contributed by atoms with Crippen LogP contribution in [0, 0.1) is 13.8 Å². The van der Waals surface area contributed by atoms with Crippen LogP contribution in [0.4, 0.5) is 56.9 Å². The normalized spacial score (nSPS) is 17.2. The summed E-state index contributed by atoms with van der Waals surface area (Å²) < 4.78 is 37.3. The molecule has 6 amide bonds. The molecule has 126 heavy (non-hydrogen) atoms. The predicted octanol–water partition coefficient (Wildman–Crippen LogP) is 16.2. The highest BCUT2D eigenvalue weighted by molar-refractivity contribution is 6.18. The number of benzene rings is 10. The second kappa shape index (κ2) is 35.2. The second-order valence-electron chi connectivity index (χ2n) is 32.4. The number of carbonyl (C=O) groups is 8. The van der Waals surface area contributed by atoms with Crippen molar-refractivity contribution in [1.82, 2.24) is 5.06 Å². The molecule has 0 saturated carbocycles. The molecular weight excluding hydrogens is 1600 g/mol. The number of carbonyl (C=O) groups excluding carboxylic acids is 7. The monoisotopic (exact) mass is 1690 g/mol. The number of aliphatic carboxylic acids is 1. The second-order valence-corrected chi connectivity index (χ2v) is 32.4. The number of aliphatic imine (C=N–C) groups is 4. The van der Waals surface area contributed by atoms with Crippen molar-refractivity contribution in [2.24, 2.45) is 20.0 Å². The molecule has 19 rings (SSSR count). The number of rotatable bonds is 25. The predicted molar refractivity (Wildman–Crippen MR) is 481 cm³/mol. The lowest BCUT2D eigenvalue weighted by Crippen LogP contribution is -2.37. The SMILES string of the molecule is C.COc1cc2c(cc1OCc1cc(COc3cc4c(cc3C)C(=O)N3c5ccccc5C[C@H]3C=N4)cc(N(C)CCCC(=O)O)c1)N=C[C@@H]1Cc3ccccc3N1C2=O.COc1cc2c(cc1OCc1cc(COc3cc4c(cc3C)C(=O)N3c5ccccc5C[C@H]3C=N4)cc(N(C)CCCC(=O)ON3C(=O)CCC3=O)c1)N=C[C@@H]1Cc3ccccc3N1C2=O. The minimum absolute atomic E-state index is 0.